The van der Waals surface area contributed by atoms with E-state index in [1.165, 1.54) is 18.2 Å². The van der Waals surface area contributed by atoms with Crippen LogP contribution in [0.3, 0.4) is 0 Å². The molecule has 138 valence electrons. The van der Waals surface area contributed by atoms with Gasteiger partial charge in [-0.05, 0) is 17.7 Å². The summed E-state index contributed by atoms with van der Waals surface area (Å²) < 4.78 is 15.0. The second kappa shape index (κ2) is 7.77. The van der Waals surface area contributed by atoms with Crippen LogP contribution >= 0.6 is 0 Å². The number of carbonyl (C=O) groups is 1. The first-order chi connectivity index (χ1) is 13.0. The van der Waals surface area contributed by atoms with Gasteiger partial charge in [-0.15, -0.1) is 0 Å². The van der Waals surface area contributed by atoms with Crippen molar-refractivity contribution in [2.24, 2.45) is 7.05 Å². The van der Waals surface area contributed by atoms with Gasteiger partial charge in [0, 0.05) is 31.1 Å². The maximum atomic E-state index is 13.3. The quantitative estimate of drug-likeness (QED) is 0.535. The number of imidazole rings is 1. The summed E-state index contributed by atoms with van der Waals surface area (Å²) >= 11 is 0. The molecule has 1 heterocycles. The third-order valence-electron chi connectivity index (χ3n) is 4.16. The van der Waals surface area contributed by atoms with Crippen LogP contribution in [0.1, 0.15) is 23.0 Å². The second-order valence-electron chi connectivity index (χ2n) is 6.01. The van der Waals surface area contributed by atoms with Crippen LogP contribution < -0.4 is 5.32 Å². The molecule has 0 aliphatic carbocycles. The highest BCUT2D eigenvalue weighted by Crippen LogP contribution is 2.22. The van der Waals surface area contributed by atoms with Crippen LogP contribution in [-0.2, 0) is 18.3 Å². The Hall–Kier alpha value is -3.55. The van der Waals surface area contributed by atoms with Crippen LogP contribution in [0.5, 0.6) is 0 Å². The zero-order valence-corrected chi connectivity index (χ0v) is 14.5. The van der Waals surface area contributed by atoms with Gasteiger partial charge in [0.2, 0.25) is 5.91 Å². The summed E-state index contributed by atoms with van der Waals surface area (Å²) in [5.74, 6) is -0.220. The Kier molecular flexibility index (Phi) is 5.25. The summed E-state index contributed by atoms with van der Waals surface area (Å²) in [5.41, 5.74) is 0.863. The summed E-state index contributed by atoms with van der Waals surface area (Å²) in [6, 6.07) is 11.2. The van der Waals surface area contributed by atoms with Gasteiger partial charge < -0.3 is 9.88 Å². The van der Waals surface area contributed by atoms with E-state index < -0.39 is 16.9 Å². The number of benzene rings is 2. The van der Waals surface area contributed by atoms with Gasteiger partial charge in [0.05, 0.1) is 11.3 Å². The van der Waals surface area contributed by atoms with Crippen LogP contribution in [0.25, 0.3) is 0 Å². The number of nitro groups is 1. The van der Waals surface area contributed by atoms with Crippen LogP contribution in [0.15, 0.2) is 60.9 Å². The summed E-state index contributed by atoms with van der Waals surface area (Å²) in [5, 5.41) is 14.0. The van der Waals surface area contributed by atoms with Crippen LogP contribution in [-0.4, -0.2) is 20.4 Å². The Labute approximate surface area is 154 Å². The number of halogens is 1. The fourth-order valence-corrected chi connectivity index (χ4v) is 2.83. The van der Waals surface area contributed by atoms with E-state index in [-0.39, 0.29) is 17.9 Å². The number of hydrogen-bond acceptors (Lipinski definition) is 4. The van der Waals surface area contributed by atoms with E-state index in [0.717, 1.165) is 0 Å². The molecule has 0 fully saturated rings. The molecule has 3 rings (SSSR count). The molecule has 0 aliphatic heterocycles. The van der Waals surface area contributed by atoms with E-state index in [1.54, 1.807) is 54.3 Å². The van der Waals surface area contributed by atoms with Gasteiger partial charge in [-0.2, -0.15) is 0 Å². The number of aryl methyl sites for hydroxylation is 1. The molecule has 0 spiro atoms. The van der Waals surface area contributed by atoms with Gasteiger partial charge in [-0.1, -0.05) is 30.3 Å². The molecular formula is C19H17FN4O3. The van der Waals surface area contributed by atoms with Crippen LogP contribution in [0, 0.1) is 15.9 Å². The van der Waals surface area contributed by atoms with E-state index >= 15 is 0 Å². The predicted octanol–water partition coefficient (Wildman–Crippen LogP) is 2.92. The van der Waals surface area contributed by atoms with E-state index in [9.17, 15) is 19.3 Å². The molecule has 3 aromatic rings. The third-order valence-corrected chi connectivity index (χ3v) is 4.16. The lowest BCUT2D eigenvalue weighted by molar-refractivity contribution is -0.385. The molecule has 2 aromatic carbocycles. The first-order valence-corrected chi connectivity index (χ1v) is 8.20. The number of nitro benzene ring substituents is 1. The smallest absolute Gasteiger partial charge is 0.273 e. The molecular weight excluding hydrogens is 351 g/mol. The molecule has 0 saturated heterocycles. The molecule has 27 heavy (non-hydrogen) atoms. The molecule has 1 N–H and O–H groups in total. The van der Waals surface area contributed by atoms with Crippen molar-refractivity contribution in [2.75, 3.05) is 0 Å². The van der Waals surface area contributed by atoms with Crippen molar-refractivity contribution in [3.8, 4) is 0 Å². The fraction of sp³-hybridized carbons (Fsp3) is 0.158. The fourth-order valence-electron chi connectivity index (χ4n) is 2.83. The molecule has 0 bridgehead atoms. The molecule has 0 radical (unpaired) electrons. The largest absolute Gasteiger partial charge is 0.342 e. The SMILES string of the molecule is Cn1ccnc1C(NC(=O)Cc1ccccc1[N+](=O)[O-])c1ccc(F)cc1. The number of aromatic nitrogens is 2. The van der Waals surface area contributed by atoms with Crippen molar-refractivity contribution in [1.82, 2.24) is 14.9 Å². The topological polar surface area (TPSA) is 90.1 Å². The average molecular weight is 368 g/mol. The van der Waals surface area contributed by atoms with E-state index in [1.807, 2.05) is 0 Å². The predicted molar refractivity (Wildman–Crippen MR) is 96.4 cm³/mol. The number of carbonyl (C=O) groups excluding carboxylic acids is 1. The van der Waals surface area contributed by atoms with Crippen molar-refractivity contribution in [3.05, 3.63) is 93.8 Å². The average Bonchev–Trinajstić information content (AvgIpc) is 3.06. The van der Waals surface area contributed by atoms with Crippen molar-refractivity contribution in [2.45, 2.75) is 12.5 Å². The summed E-state index contributed by atoms with van der Waals surface area (Å²) in [4.78, 5) is 27.5. The first kappa shape index (κ1) is 18.2. The minimum atomic E-state index is -0.610. The standard InChI is InChI=1S/C19H17FN4O3/c1-23-11-10-21-19(23)18(13-6-8-15(20)9-7-13)22-17(25)12-14-4-2-3-5-16(14)24(26)27/h2-11,18H,12H2,1H3,(H,22,25). The minimum Gasteiger partial charge on any atom is -0.342 e. The zero-order valence-electron chi connectivity index (χ0n) is 14.5. The lowest BCUT2D eigenvalue weighted by Gasteiger charge is -2.19. The molecule has 1 amide bonds. The molecule has 1 aromatic heterocycles. The summed E-state index contributed by atoms with van der Waals surface area (Å²) in [7, 11) is 1.78. The summed E-state index contributed by atoms with van der Waals surface area (Å²) in [6.45, 7) is 0. The van der Waals surface area contributed by atoms with Crippen molar-refractivity contribution in [3.63, 3.8) is 0 Å². The first-order valence-electron chi connectivity index (χ1n) is 8.20. The number of para-hydroxylation sites is 1. The Morgan fingerprint density at radius 3 is 2.59 bits per heavy atom. The highest BCUT2D eigenvalue weighted by Gasteiger charge is 2.22. The number of nitrogens with one attached hydrogen (secondary N) is 1. The number of amides is 1. The molecule has 0 aliphatic rings. The van der Waals surface area contributed by atoms with E-state index in [4.69, 9.17) is 0 Å². The zero-order chi connectivity index (χ0) is 19.4. The monoisotopic (exact) mass is 368 g/mol. The Morgan fingerprint density at radius 2 is 1.96 bits per heavy atom. The van der Waals surface area contributed by atoms with Gasteiger partial charge in [-0.3, -0.25) is 14.9 Å². The molecule has 1 atom stereocenters. The van der Waals surface area contributed by atoms with Crippen LogP contribution in [0.4, 0.5) is 10.1 Å². The van der Waals surface area contributed by atoms with Crippen LogP contribution in [0.2, 0.25) is 0 Å². The lowest BCUT2D eigenvalue weighted by Crippen LogP contribution is -2.32. The van der Waals surface area contributed by atoms with E-state index in [2.05, 4.69) is 10.3 Å². The van der Waals surface area contributed by atoms with Gasteiger partial charge >= 0.3 is 0 Å². The van der Waals surface area contributed by atoms with Gasteiger partial charge in [0.25, 0.3) is 5.69 Å². The van der Waals surface area contributed by atoms with Gasteiger partial charge in [0.15, 0.2) is 0 Å². The van der Waals surface area contributed by atoms with Crippen molar-refractivity contribution < 1.29 is 14.1 Å². The molecule has 7 nitrogen and oxygen atoms in total. The normalized spacial score (nSPS) is 11.8. The minimum absolute atomic E-state index is 0.108. The highest BCUT2D eigenvalue weighted by molar-refractivity contribution is 5.80. The second-order valence-corrected chi connectivity index (χ2v) is 6.01. The number of nitrogens with zero attached hydrogens (tertiary/aromatic N) is 3. The van der Waals surface area contributed by atoms with Gasteiger partial charge in [0.1, 0.15) is 17.7 Å². The number of hydrogen-bond donors (Lipinski definition) is 1. The maximum Gasteiger partial charge on any atom is 0.273 e. The Morgan fingerprint density at radius 1 is 1.26 bits per heavy atom. The maximum absolute atomic E-state index is 13.3. The Bertz CT molecular complexity index is 969. The molecule has 0 saturated carbocycles. The highest BCUT2D eigenvalue weighted by atomic mass is 19.1. The third kappa shape index (κ3) is 4.17. The van der Waals surface area contributed by atoms with Crippen molar-refractivity contribution >= 4 is 11.6 Å². The van der Waals surface area contributed by atoms with E-state index in [0.29, 0.717) is 17.0 Å². The molecule has 8 heteroatoms. The van der Waals surface area contributed by atoms with Crippen molar-refractivity contribution in [1.29, 1.82) is 0 Å². The Balaban J connectivity index is 1.86. The lowest BCUT2D eigenvalue weighted by atomic mass is 10.0. The molecule has 1 unspecified atom stereocenters. The number of rotatable bonds is 6. The summed E-state index contributed by atoms with van der Waals surface area (Å²) in [6.07, 6.45) is 3.18. The van der Waals surface area contributed by atoms with Gasteiger partial charge in [-0.25, -0.2) is 9.37 Å².